The molecule has 1 amide bonds. The summed E-state index contributed by atoms with van der Waals surface area (Å²) in [5.74, 6) is -1.53. The molecule has 1 aromatic rings. The van der Waals surface area contributed by atoms with E-state index in [0.717, 1.165) is 0 Å². The molecule has 0 radical (unpaired) electrons. The highest BCUT2D eigenvalue weighted by Gasteiger charge is 2.29. The average Bonchev–Trinajstić information content (AvgIpc) is 2.41. The van der Waals surface area contributed by atoms with Gasteiger partial charge in [0.2, 0.25) is 0 Å². The van der Waals surface area contributed by atoms with Crippen LogP contribution in [0.4, 0.5) is 5.69 Å². The fourth-order valence-corrected chi connectivity index (χ4v) is 2.62. The number of benzene rings is 1. The minimum absolute atomic E-state index is 0.204. The molecule has 0 aromatic heterocycles. The summed E-state index contributed by atoms with van der Waals surface area (Å²) in [6, 6.07) is 5.17. The summed E-state index contributed by atoms with van der Waals surface area (Å²) >= 11 is 3.28. The van der Waals surface area contributed by atoms with Crippen LogP contribution in [0, 0.1) is 5.92 Å². The lowest BCUT2D eigenvalue weighted by Gasteiger charge is -2.31. The van der Waals surface area contributed by atoms with Crippen molar-refractivity contribution >= 4 is 33.5 Å². The number of aliphatic carboxylic acids is 1. The van der Waals surface area contributed by atoms with E-state index in [2.05, 4.69) is 15.9 Å². The van der Waals surface area contributed by atoms with Crippen LogP contribution < -0.4 is 5.73 Å². The number of nitrogens with two attached hydrogens (primary N) is 1. The standard InChI is InChI=1S/C13H15BrN2O3/c14-10-5-1-4-9(11(10)15)12(17)16-6-2-3-8(7-16)13(18)19/h1,4-5,8H,2-3,6-7,15H2,(H,18,19). The molecule has 0 bridgehead atoms. The Morgan fingerprint density at radius 2 is 2.16 bits per heavy atom. The quantitative estimate of drug-likeness (QED) is 0.814. The molecule has 1 aliphatic rings. The molecule has 5 nitrogen and oxygen atoms in total. The summed E-state index contributed by atoms with van der Waals surface area (Å²) in [6.45, 7) is 0.828. The second kappa shape index (κ2) is 5.61. The van der Waals surface area contributed by atoms with Gasteiger partial charge in [-0.15, -0.1) is 0 Å². The average molecular weight is 327 g/mol. The molecule has 0 spiro atoms. The van der Waals surface area contributed by atoms with Crippen molar-refractivity contribution in [3.63, 3.8) is 0 Å². The molecule has 1 unspecified atom stereocenters. The minimum atomic E-state index is -0.847. The number of hydrogen-bond acceptors (Lipinski definition) is 3. The topological polar surface area (TPSA) is 83.6 Å². The van der Waals surface area contributed by atoms with Crippen molar-refractivity contribution in [3.05, 3.63) is 28.2 Å². The van der Waals surface area contributed by atoms with Crippen LogP contribution in [-0.2, 0) is 4.79 Å². The van der Waals surface area contributed by atoms with E-state index in [1.54, 1.807) is 23.1 Å². The molecule has 2 rings (SSSR count). The van der Waals surface area contributed by atoms with Crippen LogP contribution in [0.1, 0.15) is 23.2 Å². The number of halogens is 1. The molecular weight excluding hydrogens is 312 g/mol. The lowest BCUT2D eigenvalue weighted by molar-refractivity contribution is -0.143. The fraction of sp³-hybridized carbons (Fsp3) is 0.385. The van der Waals surface area contributed by atoms with E-state index in [1.807, 2.05) is 0 Å². The Hall–Kier alpha value is -1.56. The van der Waals surface area contributed by atoms with Crippen molar-refractivity contribution in [2.45, 2.75) is 12.8 Å². The number of carbonyl (C=O) groups excluding carboxylic acids is 1. The largest absolute Gasteiger partial charge is 0.481 e. The molecule has 1 heterocycles. The predicted molar refractivity (Wildman–Crippen MR) is 74.8 cm³/mol. The zero-order valence-corrected chi connectivity index (χ0v) is 11.9. The molecule has 1 atom stereocenters. The van der Waals surface area contributed by atoms with Gasteiger partial charge in [0.15, 0.2) is 0 Å². The summed E-state index contributed by atoms with van der Waals surface area (Å²) in [5, 5.41) is 9.04. The summed E-state index contributed by atoms with van der Waals surface area (Å²) in [5.41, 5.74) is 6.68. The van der Waals surface area contributed by atoms with E-state index in [9.17, 15) is 9.59 Å². The van der Waals surface area contributed by atoms with Gasteiger partial charge in [-0.2, -0.15) is 0 Å². The van der Waals surface area contributed by atoms with Gasteiger partial charge in [-0.05, 0) is 40.9 Å². The molecule has 102 valence electrons. The van der Waals surface area contributed by atoms with E-state index in [-0.39, 0.29) is 12.5 Å². The molecule has 1 aromatic carbocycles. The number of amides is 1. The van der Waals surface area contributed by atoms with Gasteiger partial charge in [-0.1, -0.05) is 6.07 Å². The number of piperidine rings is 1. The molecule has 3 N–H and O–H groups in total. The Labute approximate surface area is 119 Å². The van der Waals surface area contributed by atoms with Gasteiger partial charge in [-0.25, -0.2) is 0 Å². The lowest BCUT2D eigenvalue weighted by Crippen LogP contribution is -2.42. The second-order valence-corrected chi connectivity index (χ2v) is 5.48. The second-order valence-electron chi connectivity index (χ2n) is 4.63. The number of hydrogen-bond donors (Lipinski definition) is 2. The van der Waals surface area contributed by atoms with Crippen molar-refractivity contribution in [2.75, 3.05) is 18.8 Å². The normalized spacial score (nSPS) is 19.2. The molecule has 0 aliphatic carbocycles. The van der Waals surface area contributed by atoms with Crippen LogP contribution in [0.2, 0.25) is 0 Å². The third-order valence-corrected chi connectivity index (χ3v) is 4.03. The molecule has 1 aliphatic heterocycles. The first kappa shape index (κ1) is 13.9. The highest BCUT2D eigenvalue weighted by Crippen LogP contribution is 2.26. The van der Waals surface area contributed by atoms with E-state index >= 15 is 0 Å². The SMILES string of the molecule is Nc1c(Br)cccc1C(=O)N1CCCC(C(=O)O)C1. The van der Waals surface area contributed by atoms with Crippen LogP contribution in [0.15, 0.2) is 22.7 Å². The molecule has 1 fully saturated rings. The fourth-order valence-electron chi connectivity index (χ4n) is 2.26. The maximum absolute atomic E-state index is 12.4. The van der Waals surface area contributed by atoms with Crippen molar-refractivity contribution in [1.29, 1.82) is 0 Å². The van der Waals surface area contributed by atoms with Gasteiger partial charge < -0.3 is 15.7 Å². The Morgan fingerprint density at radius 1 is 1.42 bits per heavy atom. The molecule has 6 heteroatoms. The van der Waals surface area contributed by atoms with Crippen molar-refractivity contribution in [1.82, 2.24) is 4.90 Å². The Bertz CT molecular complexity index is 519. The molecule has 19 heavy (non-hydrogen) atoms. The van der Waals surface area contributed by atoms with Gasteiger partial charge >= 0.3 is 5.97 Å². The van der Waals surface area contributed by atoms with Gasteiger partial charge in [-0.3, -0.25) is 9.59 Å². The summed E-state index contributed by atoms with van der Waals surface area (Å²) in [7, 11) is 0. The number of para-hydroxylation sites is 1. The predicted octanol–water partition coefficient (Wildman–Crippen LogP) is 1.97. The monoisotopic (exact) mass is 326 g/mol. The number of rotatable bonds is 2. The van der Waals surface area contributed by atoms with E-state index in [0.29, 0.717) is 35.1 Å². The van der Waals surface area contributed by atoms with Crippen LogP contribution in [0.25, 0.3) is 0 Å². The van der Waals surface area contributed by atoms with Gasteiger partial charge in [0.1, 0.15) is 0 Å². The number of likely N-dealkylation sites (tertiary alicyclic amines) is 1. The van der Waals surface area contributed by atoms with Gasteiger partial charge in [0, 0.05) is 17.6 Å². The molecule has 1 saturated heterocycles. The minimum Gasteiger partial charge on any atom is -0.481 e. The molecule has 0 saturated carbocycles. The number of nitrogens with zero attached hydrogens (tertiary/aromatic N) is 1. The highest BCUT2D eigenvalue weighted by molar-refractivity contribution is 9.10. The zero-order chi connectivity index (χ0) is 14.0. The van der Waals surface area contributed by atoms with Crippen LogP contribution >= 0.6 is 15.9 Å². The Balaban J connectivity index is 2.19. The Kier molecular flexibility index (Phi) is 4.09. The summed E-state index contributed by atoms with van der Waals surface area (Å²) in [4.78, 5) is 25.0. The van der Waals surface area contributed by atoms with Crippen molar-refractivity contribution < 1.29 is 14.7 Å². The maximum atomic E-state index is 12.4. The third kappa shape index (κ3) is 2.89. The number of carbonyl (C=O) groups is 2. The zero-order valence-electron chi connectivity index (χ0n) is 10.3. The van der Waals surface area contributed by atoms with Crippen LogP contribution in [0.5, 0.6) is 0 Å². The van der Waals surface area contributed by atoms with E-state index in [1.165, 1.54) is 0 Å². The first-order valence-corrected chi connectivity index (χ1v) is 6.86. The van der Waals surface area contributed by atoms with Crippen LogP contribution in [0.3, 0.4) is 0 Å². The highest BCUT2D eigenvalue weighted by atomic mass is 79.9. The van der Waals surface area contributed by atoms with E-state index in [4.69, 9.17) is 10.8 Å². The smallest absolute Gasteiger partial charge is 0.308 e. The first-order valence-electron chi connectivity index (χ1n) is 6.06. The van der Waals surface area contributed by atoms with Gasteiger partial charge in [0.05, 0.1) is 17.2 Å². The first-order chi connectivity index (χ1) is 9.00. The van der Waals surface area contributed by atoms with Gasteiger partial charge in [0.25, 0.3) is 5.91 Å². The molecular formula is C13H15BrN2O3. The Morgan fingerprint density at radius 3 is 2.84 bits per heavy atom. The summed E-state index contributed by atoms with van der Waals surface area (Å²) in [6.07, 6.45) is 1.32. The number of nitrogen functional groups attached to an aromatic ring is 1. The lowest BCUT2D eigenvalue weighted by atomic mass is 9.97. The maximum Gasteiger partial charge on any atom is 0.308 e. The third-order valence-electron chi connectivity index (χ3n) is 3.34. The summed E-state index contributed by atoms with van der Waals surface area (Å²) < 4.78 is 0.671. The number of anilines is 1. The number of carboxylic acids is 1. The van der Waals surface area contributed by atoms with Crippen LogP contribution in [-0.4, -0.2) is 35.0 Å². The van der Waals surface area contributed by atoms with Crippen molar-refractivity contribution in [3.8, 4) is 0 Å². The number of carboxylic acid groups (broad SMARTS) is 1. The van der Waals surface area contributed by atoms with Crippen molar-refractivity contribution in [2.24, 2.45) is 5.92 Å². The van der Waals surface area contributed by atoms with E-state index < -0.39 is 11.9 Å².